The molecule has 0 aliphatic carbocycles. The molecule has 1 aliphatic rings. The van der Waals surface area contributed by atoms with Gasteiger partial charge in [-0.3, -0.25) is 4.79 Å². The summed E-state index contributed by atoms with van der Waals surface area (Å²) in [4.78, 5) is 15.2. The number of H-pyrrole nitrogens is 1. The second kappa shape index (κ2) is 7.03. The summed E-state index contributed by atoms with van der Waals surface area (Å²) in [6.07, 6.45) is 1.30. The van der Waals surface area contributed by atoms with E-state index in [9.17, 15) is 4.79 Å². The van der Waals surface area contributed by atoms with Gasteiger partial charge in [0.25, 0.3) is 0 Å². The number of benzene rings is 1. The fraction of sp³-hybridized carbons (Fsp3) is 0.438. The molecule has 0 amide bonds. The molecule has 2 heterocycles. The molecule has 0 fully saturated rings. The maximum atomic E-state index is 11.7. The SMILES string of the molecule is CCOC(=O)CC1NCCc2c1[nH]c1ccc(OC)cc21.[Cl-]. The van der Waals surface area contributed by atoms with Crippen LogP contribution in [0.25, 0.3) is 10.9 Å². The fourth-order valence-electron chi connectivity index (χ4n) is 2.98. The van der Waals surface area contributed by atoms with Crippen molar-refractivity contribution < 1.29 is 26.7 Å². The minimum atomic E-state index is -0.168. The molecule has 0 saturated heterocycles. The number of methoxy groups -OCH3 is 1. The van der Waals surface area contributed by atoms with Gasteiger partial charge in [-0.15, -0.1) is 0 Å². The van der Waals surface area contributed by atoms with Crippen molar-refractivity contribution in [2.24, 2.45) is 0 Å². The Hall–Kier alpha value is -1.72. The van der Waals surface area contributed by atoms with Gasteiger partial charge in [-0.05, 0) is 43.7 Å². The van der Waals surface area contributed by atoms with Gasteiger partial charge in [0, 0.05) is 16.6 Å². The van der Waals surface area contributed by atoms with E-state index < -0.39 is 0 Å². The number of rotatable bonds is 4. The number of nitrogens with one attached hydrogen (secondary N) is 2. The van der Waals surface area contributed by atoms with Crippen LogP contribution >= 0.6 is 0 Å². The molecule has 0 saturated carbocycles. The maximum Gasteiger partial charge on any atom is 0.307 e. The first-order valence-electron chi connectivity index (χ1n) is 7.30. The zero-order valence-electron chi connectivity index (χ0n) is 12.7. The molecule has 22 heavy (non-hydrogen) atoms. The van der Waals surface area contributed by atoms with Gasteiger partial charge in [-0.1, -0.05) is 0 Å². The van der Waals surface area contributed by atoms with Crippen LogP contribution in [0.5, 0.6) is 5.75 Å². The molecule has 5 nitrogen and oxygen atoms in total. The van der Waals surface area contributed by atoms with Crippen LogP contribution in [0.3, 0.4) is 0 Å². The minimum Gasteiger partial charge on any atom is -1.00 e. The summed E-state index contributed by atoms with van der Waals surface area (Å²) in [7, 11) is 1.67. The lowest BCUT2D eigenvalue weighted by molar-refractivity contribution is -0.143. The Morgan fingerprint density at radius 1 is 1.41 bits per heavy atom. The average molecular weight is 324 g/mol. The molecule has 120 valence electrons. The molecule has 3 rings (SSSR count). The predicted molar refractivity (Wildman–Crippen MR) is 80.5 cm³/mol. The number of carbonyl (C=O) groups is 1. The van der Waals surface area contributed by atoms with Gasteiger partial charge in [0.2, 0.25) is 0 Å². The number of carbonyl (C=O) groups excluding carboxylic acids is 1. The molecule has 0 radical (unpaired) electrons. The van der Waals surface area contributed by atoms with E-state index in [4.69, 9.17) is 9.47 Å². The van der Waals surface area contributed by atoms with E-state index >= 15 is 0 Å². The Balaban J connectivity index is 0.00000176. The average Bonchev–Trinajstić information content (AvgIpc) is 2.86. The van der Waals surface area contributed by atoms with Gasteiger partial charge in [-0.2, -0.15) is 0 Å². The molecule has 0 bridgehead atoms. The zero-order chi connectivity index (χ0) is 14.8. The largest absolute Gasteiger partial charge is 1.00 e. The van der Waals surface area contributed by atoms with Crippen molar-refractivity contribution in [3.63, 3.8) is 0 Å². The Morgan fingerprint density at radius 2 is 2.23 bits per heavy atom. The Kier molecular flexibility index (Phi) is 5.32. The van der Waals surface area contributed by atoms with Crippen molar-refractivity contribution in [2.75, 3.05) is 20.3 Å². The summed E-state index contributed by atoms with van der Waals surface area (Å²) in [6.45, 7) is 3.11. The quantitative estimate of drug-likeness (QED) is 0.732. The number of fused-ring (bicyclic) bond motifs is 3. The van der Waals surface area contributed by atoms with Crippen molar-refractivity contribution in [1.29, 1.82) is 0 Å². The van der Waals surface area contributed by atoms with E-state index in [2.05, 4.69) is 16.4 Å². The number of aromatic amines is 1. The first-order valence-corrected chi connectivity index (χ1v) is 7.30. The lowest BCUT2D eigenvalue weighted by atomic mass is 9.97. The molecule has 1 atom stereocenters. The third-order valence-corrected chi connectivity index (χ3v) is 3.94. The second-order valence-corrected chi connectivity index (χ2v) is 5.19. The van der Waals surface area contributed by atoms with Gasteiger partial charge in [-0.25, -0.2) is 0 Å². The van der Waals surface area contributed by atoms with E-state index in [1.165, 1.54) is 10.9 Å². The van der Waals surface area contributed by atoms with Gasteiger partial charge >= 0.3 is 5.97 Å². The summed E-state index contributed by atoms with van der Waals surface area (Å²) < 4.78 is 10.4. The highest BCUT2D eigenvalue weighted by Crippen LogP contribution is 2.33. The van der Waals surface area contributed by atoms with Crippen LogP contribution in [-0.2, 0) is 16.0 Å². The second-order valence-electron chi connectivity index (χ2n) is 5.19. The van der Waals surface area contributed by atoms with Crippen molar-refractivity contribution >= 4 is 16.9 Å². The summed E-state index contributed by atoms with van der Waals surface area (Å²) >= 11 is 0. The molecule has 6 heteroatoms. The third-order valence-electron chi connectivity index (χ3n) is 3.94. The van der Waals surface area contributed by atoms with Crippen molar-refractivity contribution in [1.82, 2.24) is 10.3 Å². The van der Waals surface area contributed by atoms with Gasteiger partial charge < -0.3 is 32.2 Å². The summed E-state index contributed by atoms with van der Waals surface area (Å²) in [5.41, 5.74) is 3.45. The summed E-state index contributed by atoms with van der Waals surface area (Å²) in [5.74, 6) is 0.684. The molecular weight excluding hydrogens is 304 g/mol. The summed E-state index contributed by atoms with van der Waals surface area (Å²) in [5, 5.41) is 4.57. The van der Waals surface area contributed by atoms with Gasteiger partial charge in [0.15, 0.2) is 0 Å². The standard InChI is InChI=1S/C16H20N2O3.ClH/c1-3-21-15(19)9-14-16-11(6-7-17-14)12-8-10(20-2)4-5-13(12)18-16;/h4-5,8,14,17-18H,3,6-7,9H2,1-2H3;1H/p-1. The van der Waals surface area contributed by atoms with Gasteiger partial charge in [0.05, 0.1) is 26.2 Å². The zero-order valence-corrected chi connectivity index (χ0v) is 13.5. The molecule has 1 unspecified atom stereocenters. The lowest BCUT2D eigenvalue weighted by Crippen LogP contribution is -3.00. The molecule has 1 aromatic carbocycles. The van der Waals surface area contributed by atoms with Crippen LogP contribution in [0.15, 0.2) is 18.2 Å². The number of ether oxygens (including phenoxy) is 2. The number of halogens is 1. The van der Waals surface area contributed by atoms with Crippen LogP contribution in [0.4, 0.5) is 0 Å². The topological polar surface area (TPSA) is 63.3 Å². The van der Waals surface area contributed by atoms with Crippen LogP contribution < -0.4 is 22.5 Å². The molecule has 1 aliphatic heterocycles. The van der Waals surface area contributed by atoms with E-state index in [1.807, 2.05) is 19.1 Å². The Morgan fingerprint density at radius 3 is 2.95 bits per heavy atom. The maximum absolute atomic E-state index is 11.7. The lowest BCUT2D eigenvalue weighted by Gasteiger charge is -2.23. The van der Waals surface area contributed by atoms with Crippen LogP contribution in [0.1, 0.15) is 30.6 Å². The number of esters is 1. The monoisotopic (exact) mass is 323 g/mol. The first kappa shape index (κ1) is 16.6. The van der Waals surface area contributed by atoms with Crippen molar-refractivity contribution in [3.05, 3.63) is 29.5 Å². The van der Waals surface area contributed by atoms with Crippen molar-refractivity contribution in [3.8, 4) is 5.75 Å². The van der Waals surface area contributed by atoms with E-state index in [1.54, 1.807) is 7.11 Å². The minimum absolute atomic E-state index is 0. The summed E-state index contributed by atoms with van der Waals surface area (Å²) in [6, 6.07) is 6.01. The Bertz CT molecular complexity index is 669. The highest BCUT2D eigenvalue weighted by atomic mass is 35.5. The normalized spacial score (nSPS) is 16.7. The van der Waals surface area contributed by atoms with Crippen LogP contribution in [0.2, 0.25) is 0 Å². The van der Waals surface area contributed by atoms with Gasteiger partial charge in [0.1, 0.15) is 5.75 Å². The van der Waals surface area contributed by atoms with Crippen molar-refractivity contribution in [2.45, 2.75) is 25.8 Å². The smallest absolute Gasteiger partial charge is 0.307 e. The molecule has 2 N–H and O–H groups in total. The van der Waals surface area contributed by atoms with Crippen LogP contribution in [0, 0.1) is 0 Å². The highest BCUT2D eigenvalue weighted by Gasteiger charge is 2.26. The number of hydrogen-bond acceptors (Lipinski definition) is 4. The Labute approximate surface area is 135 Å². The first-order chi connectivity index (χ1) is 10.2. The van der Waals surface area contributed by atoms with E-state index in [-0.39, 0.29) is 24.4 Å². The van der Waals surface area contributed by atoms with E-state index in [0.29, 0.717) is 13.0 Å². The fourth-order valence-corrected chi connectivity index (χ4v) is 2.98. The number of hydrogen-bond donors (Lipinski definition) is 2. The molecular formula is C16H20ClN2O3-. The highest BCUT2D eigenvalue weighted by molar-refractivity contribution is 5.87. The molecule has 0 spiro atoms. The predicted octanol–water partition coefficient (Wildman–Crippen LogP) is -0.679. The van der Waals surface area contributed by atoms with E-state index in [0.717, 1.165) is 29.9 Å². The number of aromatic nitrogens is 1. The molecule has 2 aromatic rings. The van der Waals surface area contributed by atoms with Crippen LogP contribution in [-0.4, -0.2) is 31.2 Å². The third kappa shape index (κ3) is 3.05. The molecule has 1 aromatic heterocycles.